The fourth-order valence-electron chi connectivity index (χ4n) is 4.37. The third-order valence-corrected chi connectivity index (χ3v) is 6.52. The van der Waals surface area contributed by atoms with Gasteiger partial charge in [-0.05, 0) is 60.3 Å². The second-order valence-electron chi connectivity index (χ2n) is 8.47. The Hall–Kier alpha value is -4.83. The molecule has 1 fully saturated rings. The van der Waals surface area contributed by atoms with Crippen molar-refractivity contribution >= 4 is 52.7 Å². The van der Waals surface area contributed by atoms with E-state index in [0.717, 1.165) is 4.90 Å². The van der Waals surface area contributed by atoms with Crippen LogP contribution in [0.2, 0.25) is 0 Å². The summed E-state index contributed by atoms with van der Waals surface area (Å²) in [7, 11) is 2.98. The van der Waals surface area contributed by atoms with Gasteiger partial charge >= 0.3 is 0 Å². The predicted molar refractivity (Wildman–Crippen MR) is 143 cm³/mol. The minimum absolute atomic E-state index is 0.0489. The highest BCUT2D eigenvalue weighted by Gasteiger charge is 2.36. The minimum Gasteiger partial charge on any atom is -0.497 e. The molecule has 0 spiro atoms. The lowest BCUT2D eigenvalue weighted by atomic mass is 10.0. The van der Waals surface area contributed by atoms with Crippen molar-refractivity contribution < 1.29 is 28.7 Å². The number of anilines is 1. The van der Waals surface area contributed by atoms with Crippen LogP contribution in [0, 0.1) is 0 Å². The van der Waals surface area contributed by atoms with E-state index in [0.29, 0.717) is 39.4 Å². The number of thiocarbonyl (C=S) groups is 1. The first-order valence-electron chi connectivity index (χ1n) is 11.5. The summed E-state index contributed by atoms with van der Waals surface area (Å²) in [5.41, 5.74) is 2.00. The van der Waals surface area contributed by atoms with Crippen molar-refractivity contribution in [1.82, 2.24) is 10.2 Å². The lowest BCUT2D eigenvalue weighted by Gasteiger charge is -2.29. The Labute approximate surface area is 223 Å². The first-order valence-corrected chi connectivity index (χ1v) is 11.9. The van der Waals surface area contributed by atoms with Crippen LogP contribution in [0.1, 0.15) is 31.8 Å². The summed E-state index contributed by atoms with van der Waals surface area (Å²) < 4.78 is 10.7. The lowest BCUT2D eigenvalue weighted by Crippen LogP contribution is -2.54. The second kappa shape index (κ2) is 9.91. The number of hydrogen-bond donors (Lipinski definition) is 1. The normalized spacial score (nSPS) is 16.2. The number of nitrogens with zero attached hydrogens (tertiary/aromatic N) is 2. The van der Waals surface area contributed by atoms with Gasteiger partial charge in [0.05, 0.1) is 37.6 Å². The first kappa shape index (κ1) is 24.8. The highest BCUT2D eigenvalue weighted by atomic mass is 32.1. The van der Waals surface area contributed by atoms with E-state index in [1.165, 1.54) is 25.2 Å². The zero-order valence-electron chi connectivity index (χ0n) is 20.4. The van der Waals surface area contributed by atoms with Gasteiger partial charge < -0.3 is 9.47 Å². The summed E-state index contributed by atoms with van der Waals surface area (Å²) in [6, 6.07) is 18.3. The van der Waals surface area contributed by atoms with E-state index in [2.05, 4.69) is 5.32 Å². The summed E-state index contributed by atoms with van der Waals surface area (Å²) in [6.07, 6.45) is 1.43. The number of fused-ring (bicyclic) bond motifs is 1. The maximum absolute atomic E-state index is 13.4. The fraction of sp³-hybridized carbons (Fsp3) is 0.107. The van der Waals surface area contributed by atoms with Gasteiger partial charge in [-0.3, -0.25) is 34.3 Å². The summed E-state index contributed by atoms with van der Waals surface area (Å²) in [6.45, 7) is -0.0489. The van der Waals surface area contributed by atoms with Gasteiger partial charge in [-0.25, -0.2) is 0 Å². The molecule has 0 unspecified atom stereocenters. The molecule has 3 aromatic carbocycles. The zero-order chi connectivity index (χ0) is 27.0. The fourth-order valence-corrected chi connectivity index (χ4v) is 4.65. The van der Waals surface area contributed by atoms with Gasteiger partial charge in [0.25, 0.3) is 23.6 Å². The van der Waals surface area contributed by atoms with Crippen molar-refractivity contribution in [1.29, 1.82) is 0 Å². The highest BCUT2D eigenvalue weighted by molar-refractivity contribution is 7.80. The molecule has 0 bridgehead atoms. The number of methoxy groups -OCH3 is 2. The van der Waals surface area contributed by atoms with Crippen LogP contribution in [-0.2, 0) is 16.1 Å². The maximum atomic E-state index is 13.4. The molecule has 2 aliphatic rings. The Morgan fingerprint density at radius 2 is 1.55 bits per heavy atom. The van der Waals surface area contributed by atoms with Crippen molar-refractivity contribution in [2.24, 2.45) is 0 Å². The molecule has 0 atom stereocenters. The highest BCUT2D eigenvalue weighted by Crippen LogP contribution is 2.30. The van der Waals surface area contributed by atoms with E-state index in [-0.39, 0.29) is 17.2 Å². The van der Waals surface area contributed by atoms with Crippen molar-refractivity contribution in [3.05, 3.63) is 94.6 Å². The smallest absolute Gasteiger partial charge is 0.270 e. The molecule has 38 heavy (non-hydrogen) atoms. The number of imide groups is 1. The van der Waals surface area contributed by atoms with Gasteiger partial charge in [0.2, 0.25) is 0 Å². The third-order valence-electron chi connectivity index (χ3n) is 6.24. The number of amides is 4. The molecule has 1 saturated heterocycles. The molecule has 190 valence electrons. The number of benzene rings is 3. The van der Waals surface area contributed by atoms with Gasteiger partial charge in [-0.15, -0.1) is 0 Å². The molecule has 0 aliphatic carbocycles. The number of rotatable bonds is 6. The first-order chi connectivity index (χ1) is 18.3. The van der Waals surface area contributed by atoms with E-state index >= 15 is 0 Å². The van der Waals surface area contributed by atoms with Gasteiger partial charge in [0.15, 0.2) is 5.11 Å². The van der Waals surface area contributed by atoms with Crippen LogP contribution in [0.5, 0.6) is 11.5 Å². The maximum Gasteiger partial charge on any atom is 0.270 e. The molecule has 1 N–H and O–H groups in total. The van der Waals surface area contributed by atoms with Gasteiger partial charge in [-0.1, -0.05) is 24.3 Å². The molecule has 9 nitrogen and oxygen atoms in total. The third kappa shape index (κ3) is 4.31. The number of carbonyl (C=O) groups is 4. The molecular weight excluding hydrogens is 506 g/mol. The van der Waals surface area contributed by atoms with E-state index in [1.807, 2.05) is 0 Å². The Bertz CT molecular complexity index is 1530. The predicted octanol–water partition coefficient (Wildman–Crippen LogP) is 3.33. The summed E-state index contributed by atoms with van der Waals surface area (Å²) in [4.78, 5) is 54.3. The van der Waals surface area contributed by atoms with E-state index in [4.69, 9.17) is 21.7 Å². The van der Waals surface area contributed by atoms with Crippen molar-refractivity contribution in [2.75, 3.05) is 19.1 Å². The van der Waals surface area contributed by atoms with Crippen LogP contribution < -0.4 is 19.7 Å². The standard InChI is InChI=1S/C28H21N3O6S/c1-36-19-7-5-6-18(14-19)31-27(35)22(24(32)29-28(31)38)13-16-10-11-23(37-2)17(12-16)15-30-25(33)20-8-3-4-9-21(20)26(30)34/h3-14H,15H2,1-2H3,(H,29,32,38)/b22-13+. The molecule has 2 heterocycles. The molecule has 0 radical (unpaired) electrons. The summed E-state index contributed by atoms with van der Waals surface area (Å²) in [5.74, 6) is -1.08. The summed E-state index contributed by atoms with van der Waals surface area (Å²) in [5, 5.41) is 2.50. The Balaban J connectivity index is 1.48. The quantitative estimate of drug-likeness (QED) is 0.227. The molecule has 0 saturated carbocycles. The van der Waals surface area contributed by atoms with E-state index in [9.17, 15) is 19.2 Å². The Morgan fingerprint density at radius 3 is 2.21 bits per heavy atom. The van der Waals surface area contributed by atoms with Gasteiger partial charge in [0.1, 0.15) is 17.1 Å². The molecular formula is C28H21N3O6S. The van der Waals surface area contributed by atoms with Crippen LogP contribution in [0.3, 0.4) is 0 Å². The number of nitrogens with one attached hydrogen (secondary N) is 1. The number of ether oxygens (including phenoxy) is 2. The van der Waals surface area contributed by atoms with Crippen LogP contribution in [-0.4, -0.2) is 47.9 Å². The van der Waals surface area contributed by atoms with Gasteiger partial charge in [0, 0.05) is 11.6 Å². The van der Waals surface area contributed by atoms with E-state index < -0.39 is 23.6 Å². The Kier molecular flexibility index (Phi) is 6.48. The average molecular weight is 528 g/mol. The van der Waals surface area contributed by atoms with Crippen LogP contribution >= 0.6 is 12.2 Å². The molecule has 10 heteroatoms. The second-order valence-corrected chi connectivity index (χ2v) is 8.86. The summed E-state index contributed by atoms with van der Waals surface area (Å²) >= 11 is 5.27. The Morgan fingerprint density at radius 1 is 0.842 bits per heavy atom. The largest absolute Gasteiger partial charge is 0.497 e. The van der Waals surface area contributed by atoms with Crippen LogP contribution in [0.25, 0.3) is 6.08 Å². The molecule has 0 aromatic heterocycles. The minimum atomic E-state index is -0.642. The average Bonchev–Trinajstić information content (AvgIpc) is 3.16. The number of carbonyl (C=O) groups excluding carboxylic acids is 4. The zero-order valence-corrected chi connectivity index (χ0v) is 21.2. The van der Waals surface area contributed by atoms with E-state index in [1.54, 1.807) is 66.7 Å². The monoisotopic (exact) mass is 527 g/mol. The number of hydrogen-bond acceptors (Lipinski definition) is 7. The molecule has 3 aromatic rings. The SMILES string of the molecule is COc1cccc(N2C(=O)/C(=C/c3ccc(OC)c(CN4C(=O)c5ccccc5C4=O)c3)C(=O)NC2=S)c1. The molecule has 4 amide bonds. The molecule has 2 aliphatic heterocycles. The van der Waals surface area contributed by atoms with Crippen molar-refractivity contribution in [3.8, 4) is 11.5 Å². The lowest BCUT2D eigenvalue weighted by molar-refractivity contribution is -0.122. The van der Waals surface area contributed by atoms with Crippen molar-refractivity contribution in [3.63, 3.8) is 0 Å². The van der Waals surface area contributed by atoms with Crippen LogP contribution in [0.15, 0.2) is 72.3 Å². The van der Waals surface area contributed by atoms with Gasteiger partial charge in [-0.2, -0.15) is 0 Å². The van der Waals surface area contributed by atoms with Crippen LogP contribution in [0.4, 0.5) is 5.69 Å². The molecule has 5 rings (SSSR count). The van der Waals surface area contributed by atoms with Crippen molar-refractivity contribution in [2.45, 2.75) is 6.54 Å². The topological polar surface area (TPSA) is 105 Å².